The van der Waals surface area contributed by atoms with Crippen LogP contribution >= 0.6 is 11.6 Å². The number of aromatic amines is 1. The Hall–Kier alpha value is -1.02. The lowest BCUT2D eigenvalue weighted by molar-refractivity contribution is 0.413. The Bertz CT molecular complexity index is 471. The third kappa shape index (κ3) is 1.22. The van der Waals surface area contributed by atoms with Gasteiger partial charge in [-0.3, -0.25) is 0 Å². The second-order valence-electron chi connectivity index (χ2n) is 3.95. The molecule has 0 aliphatic heterocycles. The number of pyridine rings is 1. The van der Waals surface area contributed by atoms with Crippen molar-refractivity contribution in [1.29, 1.82) is 0 Å². The number of nitrogens with one attached hydrogen (secondary N) is 1. The van der Waals surface area contributed by atoms with Gasteiger partial charge in [0.2, 0.25) is 0 Å². The first-order valence-corrected chi connectivity index (χ1v) is 5.35. The van der Waals surface area contributed by atoms with E-state index in [9.17, 15) is 0 Å². The van der Waals surface area contributed by atoms with Gasteiger partial charge in [-0.05, 0) is 30.9 Å². The summed E-state index contributed by atoms with van der Waals surface area (Å²) in [7, 11) is 0. The first-order valence-electron chi connectivity index (χ1n) is 4.97. The molecular formula is C11H11ClN2. The Labute approximate surface area is 87.3 Å². The van der Waals surface area contributed by atoms with Crippen LogP contribution in [0.1, 0.15) is 30.9 Å². The molecule has 72 valence electrons. The maximum Gasteiger partial charge on any atom is 0.129 e. The molecule has 3 rings (SSSR count). The summed E-state index contributed by atoms with van der Waals surface area (Å²) >= 11 is 5.83. The number of H-pyrrole nitrogens is 1. The average Bonchev–Trinajstić information content (AvgIpc) is 2.43. The molecule has 3 heteroatoms. The Morgan fingerprint density at radius 1 is 1.36 bits per heavy atom. The van der Waals surface area contributed by atoms with Crippen molar-refractivity contribution in [1.82, 2.24) is 9.97 Å². The summed E-state index contributed by atoms with van der Waals surface area (Å²) < 4.78 is 0. The van der Waals surface area contributed by atoms with Gasteiger partial charge in [-0.2, -0.15) is 0 Å². The van der Waals surface area contributed by atoms with Gasteiger partial charge in [0.1, 0.15) is 5.15 Å². The highest BCUT2D eigenvalue weighted by Gasteiger charge is 2.21. The molecule has 0 spiro atoms. The lowest BCUT2D eigenvalue weighted by Crippen LogP contribution is -2.08. The van der Waals surface area contributed by atoms with Crippen molar-refractivity contribution < 1.29 is 0 Å². The van der Waals surface area contributed by atoms with E-state index < -0.39 is 0 Å². The molecular weight excluding hydrogens is 196 g/mol. The first-order chi connectivity index (χ1) is 6.83. The van der Waals surface area contributed by atoms with Crippen molar-refractivity contribution in [2.45, 2.75) is 25.2 Å². The van der Waals surface area contributed by atoms with Crippen LogP contribution in [0, 0.1) is 0 Å². The molecule has 0 atom stereocenters. The summed E-state index contributed by atoms with van der Waals surface area (Å²) in [4.78, 5) is 7.46. The van der Waals surface area contributed by atoms with Gasteiger partial charge >= 0.3 is 0 Å². The number of hydrogen-bond acceptors (Lipinski definition) is 1. The second kappa shape index (κ2) is 2.99. The van der Waals surface area contributed by atoms with Gasteiger partial charge in [0.05, 0.1) is 11.7 Å². The van der Waals surface area contributed by atoms with E-state index in [1.165, 1.54) is 30.3 Å². The van der Waals surface area contributed by atoms with Crippen LogP contribution in [0.3, 0.4) is 0 Å². The second-order valence-corrected chi connectivity index (χ2v) is 4.33. The number of nitrogens with zero attached hydrogens (tertiary/aromatic N) is 1. The van der Waals surface area contributed by atoms with E-state index in [0.717, 1.165) is 11.4 Å². The van der Waals surface area contributed by atoms with Crippen molar-refractivity contribution in [3.05, 3.63) is 29.2 Å². The molecule has 1 aliphatic carbocycles. The highest BCUT2D eigenvalue weighted by molar-refractivity contribution is 6.30. The van der Waals surface area contributed by atoms with Crippen LogP contribution in [-0.4, -0.2) is 9.97 Å². The molecule has 2 aromatic rings. The zero-order valence-electron chi connectivity index (χ0n) is 7.76. The molecule has 2 aromatic heterocycles. The van der Waals surface area contributed by atoms with Crippen molar-refractivity contribution in [3.8, 4) is 0 Å². The van der Waals surface area contributed by atoms with Crippen molar-refractivity contribution >= 4 is 22.5 Å². The Balaban J connectivity index is 2.10. The Morgan fingerprint density at radius 3 is 2.93 bits per heavy atom. The quantitative estimate of drug-likeness (QED) is 0.711. The van der Waals surface area contributed by atoms with Gasteiger partial charge in [0.25, 0.3) is 0 Å². The topological polar surface area (TPSA) is 28.7 Å². The molecule has 1 aliphatic rings. The highest BCUT2D eigenvalue weighted by atomic mass is 35.5. The normalized spacial score (nSPS) is 17.2. The number of hydrogen-bond donors (Lipinski definition) is 1. The number of fused-ring (bicyclic) bond motifs is 1. The van der Waals surface area contributed by atoms with E-state index >= 15 is 0 Å². The summed E-state index contributed by atoms with van der Waals surface area (Å²) in [6.45, 7) is 0. The summed E-state index contributed by atoms with van der Waals surface area (Å²) in [5.74, 6) is 0.737. The third-order valence-corrected chi connectivity index (χ3v) is 3.24. The van der Waals surface area contributed by atoms with Crippen LogP contribution in [0.25, 0.3) is 10.9 Å². The first kappa shape index (κ1) is 8.30. The Kier molecular flexibility index (Phi) is 1.77. The van der Waals surface area contributed by atoms with Crippen LogP contribution in [0.2, 0.25) is 5.15 Å². The van der Waals surface area contributed by atoms with E-state index in [4.69, 9.17) is 11.6 Å². The third-order valence-electron chi connectivity index (χ3n) is 3.04. The van der Waals surface area contributed by atoms with E-state index in [2.05, 4.69) is 16.0 Å². The van der Waals surface area contributed by atoms with E-state index in [1.807, 2.05) is 6.07 Å². The molecule has 1 fully saturated rings. The molecule has 0 radical (unpaired) electrons. The molecule has 0 aromatic carbocycles. The minimum Gasteiger partial charge on any atom is -0.357 e. The SMILES string of the molecule is Clc1cc2cc(C3CCC3)[nH]c2cn1. The van der Waals surface area contributed by atoms with Gasteiger partial charge in [0, 0.05) is 11.1 Å². The summed E-state index contributed by atoms with van der Waals surface area (Å²) in [5, 5.41) is 1.74. The van der Waals surface area contributed by atoms with Gasteiger partial charge in [0.15, 0.2) is 0 Å². The van der Waals surface area contributed by atoms with Gasteiger partial charge in [-0.15, -0.1) is 0 Å². The van der Waals surface area contributed by atoms with Crippen LogP contribution < -0.4 is 0 Å². The van der Waals surface area contributed by atoms with Crippen LogP contribution in [0.15, 0.2) is 18.3 Å². The van der Waals surface area contributed by atoms with Gasteiger partial charge in [-0.1, -0.05) is 18.0 Å². The fourth-order valence-electron chi connectivity index (χ4n) is 1.97. The van der Waals surface area contributed by atoms with Gasteiger partial charge < -0.3 is 4.98 Å². The minimum atomic E-state index is 0.566. The minimum absolute atomic E-state index is 0.566. The zero-order chi connectivity index (χ0) is 9.54. The molecule has 14 heavy (non-hydrogen) atoms. The molecule has 1 N–H and O–H groups in total. The number of halogens is 1. The molecule has 0 unspecified atom stereocenters. The summed E-state index contributed by atoms with van der Waals surface area (Å²) in [6, 6.07) is 4.11. The molecule has 0 bridgehead atoms. The lowest BCUT2D eigenvalue weighted by Gasteiger charge is -2.23. The van der Waals surface area contributed by atoms with Crippen molar-refractivity contribution in [3.63, 3.8) is 0 Å². The lowest BCUT2D eigenvalue weighted by atomic mass is 9.83. The molecule has 0 saturated heterocycles. The fraction of sp³-hybridized carbons (Fsp3) is 0.364. The smallest absolute Gasteiger partial charge is 0.129 e. The summed E-state index contributed by atoms with van der Waals surface area (Å²) in [5.41, 5.74) is 2.44. The zero-order valence-corrected chi connectivity index (χ0v) is 8.51. The van der Waals surface area contributed by atoms with Crippen LogP contribution in [-0.2, 0) is 0 Å². The number of rotatable bonds is 1. The van der Waals surface area contributed by atoms with E-state index in [1.54, 1.807) is 6.20 Å². The average molecular weight is 207 g/mol. The maximum absolute atomic E-state index is 5.83. The predicted octanol–water partition coefficient (Wildman–Crippen LogP) is 3.48. The van der Waals surface area contributed by atoms with Crippen molar-refractivity contribution in [2.24, 2.45) is 0 Å². The molecule has 0 amide bonds. The monoisotopic (exact) mass is 206 g/mol. The highest BCUT2D eigenvalue weighted by Crippen LogP contribution is 2.37. The molecule has 2 nitrogen and oxygen atoms in total. The maximum atomic E-state index is 5.83. The van der Waals surface area contributed by atoms with Crippen LogP contribution in [0.5, 0.6) is 0 Å². The summed E-state index contributed by atoms with van der Waals surface area (Å²) in [6.07, 6.45) is 5.79. The molecule has 2 heterocycles. The van der Waals surface area contributed by atoms with E-state index in [0.29, 0.717) is 5.15 Å². The standard InChI is InChI=1S/C11H11ClN2/c12-11-5-8-4-9(7-2-1-3-7)14-10(8)6-13-11/h4-7,14H,1-3H2. The number of aromatic nitrogens is 2. The Morgan fingerprint density at radius 2 is 2.21 bits per heavy atom. The van der Waals surface area contributed by atoms with Crippen molar-refractivity contribution in [2.75, 3.05) is 0 Å². The van der Waals surface area contributed by atoms with Crippen LogP contribution in [0.4, 0.5) is 0 Å². The fourth-order valence-corrected chi connectivity index (χ4v) is 2.13. The van der Waals surface area contributed by atoms with E-state index in [-0.39, 0.29) is 0 Å². The van der Waals surface area contributed by atoms with Gasteiger partial charge in [-0.25, -0.2) is 4.98 Å². The predicted molar refractivity (Wildman–Crippen MR) is 57.7 cm³/mol. The largest absolute Gasteiger partial charge is 0.357 e. The molecule has 1 saturated carbocycles.